The minimum absolute atomic E-state index is 0.331. The first kappa shape index (κ1) is 11.1. The van der Waals surface area contributed by atoms with Gasteiger partial charge in [0.25, 0.3) is 0 Å². The molecule has 0 spiro atoms. The molecule has 0 bridgehead atoms. The summed E-state index contributed by atoms with van der Waals surface area (Å²) in [6.45, 7) is 0. The standard InChI is InChI=1S/C12H16ClN3O/c1-15-12-8-9(13)6-7-11(12)16(14-15)17-10-4-2-3-5-10/h6-8,10,14H,2-5H2,1H3. The molecule has 0 aromatic heterocycles. The lowest BCUT2D eigenvalue weighted by atomic mass is 10.3. The first-order valence-corrected chi connectivity index (χ1v) is 6.38. The lowest BCUT2D eigenvalue weighted by molar-refractivity contribution is 0.0212. The highest BCUT2D eigenvalue weighted by molar-refractivity contribution is 6.31. The molecule has 1 aromatic carbocycles. The maximum atomic E-state index is 5.99. The molecular weight excluding hydrogens is 238 g/mol. The van der Waals surface area contributed by atoms with Crippen molar-refractivity contribution in [3.8, 4) is 0 Å². The second-order valence-corrected chi connectivity index (χ2v) is 5.03. The number of benzene rings is 1. The van der Waals surface area contributed by atoms with Gasteiger partial charge in [-0.25, -0.2) is 0 Å². The Morgan fingerprint density at radius 3 is 2.82 bits per heavy atom. The number of fused-ring (bicyclic) bond motifs is 1. The zero-order valence-electron chi connectivity index (χ0n) is 9.82. The number of nitrogens with one attached hydrogen (secondary N) is 1. The van der Waals surface area contributed by atoms with Gasteiger partial charge in [-0.05, 0) is 31.0 Å². The van der Waals surface area contributed by atoms with Crippen molar-refractivity contribution in [1.29, 1.82) is 0 Å². The van der Waals surface area contributed by atoms with Gasteiger partial charge in [-0.15, -0.1) is 5.53 Å². The largest absolute Gasteiger partial charge is 0.290 e. The molecule has 2 aliphatic rings. The average molecular weight is 254 g/mol. The smallest absolute Gasteiger partial charge is 0.109 e. The van der Waals surface area contributed by atoms with Crippen molar-refractivity contribution >= 4 is 23.0 Å². The molecule has 0 atom stereocenters. The molecule has 5 heteroatoms. The monoisotopic (exact) mass is 253 g/mol. The van der Waals surface area contributed by atoms with E-state index in [9.17, 15) is 0 Å². The number of anilines is 2. The molecule has 3 rings (SSSR count). The summed E-state index contributed by atoms with van der Waals surface area (Å²) < 4.78 is 0. The summed E-state index contributed by atoms with van der Waals surface area (Å²) in [7, 11) is 1.95. The number of rotatable bonds is 2. The molecule has 1 aliphatic heterocycles. The first-order chi connectivity index (χ1) is 8.24. The van der Waals surface area contributed by atoms with E-state index < -0.39 is 0 Å². The fourth-order valence-electron chi connectivity index (χ4n) is 2.40. The van der Waals surface area contributed by atoms with E-state index in [1.165, 1.54) is 12.8 Å². The van der Waals surface area contributed by atoms with E-state index in [0.29, 0.717) is 6.10 Å². The molecular formula is C12H16ClN3O. The van der Waals surface area contributed by atoms with Crippen LogP contribution in [0.1, 0.15) is 25.7 Å². The van der Waals surface area contributed by atoms with Crippen LogP contribution in [0, 0.1) is 0 Å². The molecule has 92 valence electrons. The summed E-state index contributed by atoms with van der Waals surface area (Å²) in [6, 6.07) is 5.79. The Kier molecular flexibility index (Phi) is 2.86. The number of halogens is 1. The molecule has 0 amide bonds. The van der Waals surface area contributed by atoms with E-state index in [1.54, 1.807) is 5.17 Å². The number of hydrogen-bond acceptors (Lipinski definition) is 4. The molecule has 17 heavy (non-hydrogen) atoms. The van der Waals surface area contributed by atoms with Crippen LogP contribution in [0.25, 0.3) is 0 Å². The molecule has 1 heterocycles. The van der Waals surface area contributed by atoms with Crippen molar-refractivity contribution in [3.63, 3.8) is 0 Å². The Labute approximate surface area is 106 Å². The van der Waals surface area contributed by atoms with Gasteiger partial charge in [0, 0.05) is 12.1 Å². The highest BCUT2D eigenvalue weighted by Crippen LogP contribution is 2.36. The maximum absolute atomic E-state index is 5.99. The molecule has 0 unspecified atom stereocenters. The Morgan fingerprint density at radius 1 is 1.29 bits per heavy atom. The van der Waals surface area contributed by atoms with Crippen LogP contribution in [0.5, 0.6) is 0 Å². The van der Waals surface area contributed by atoms with Crippen LogP contribution in [-0.4, -0.2) is 13.2 Å². The lowest BCUT2D eigenvalue weighted by Crippen LogP contribution is -2.43. The zero-order chi connectivity index (χ0) is 11.8. The van der Waals surface area contributed by atoms with Crippen molar-refractivity contribution in [2.24, 2.45) is 0 Å². The van der Waals surface area contributed by atoms with Crippen molar-refractivity contribution < 1.29 is 4.84 Å². The molecule has 1 N–H and O–H groups in total. The van der Waals surface area contributed by atoms with Crippen LogP contribution >= 0.6 is 11.6 Å². The van der Waals surface area contributed by atoms with Gasteiger partial charge in [-0.2, -0.15) is 5.17 Å². The van der Waals surface area contributed by atoms with Crippen LogP contribution in [0.3, 0.4) is 0 Å². The SMILES string of the molecule is CN1NN(OC2CCCC2)c2ccc(Cl)cc21. The molecule has 0 radical (unpaired) electrons. The average Bonchev–Trinajstić information content (AvgIpc) is 2.89. The van der Waals surface area contributed by atoms with Gasteiger partial charge < -0.3 is 0 Å². The van der Waals surface area contributed by atoms with Gasteiger partial charge in [0.15, 0.2) is 0 Å². The van der Waals surface area contributed by atoms with E-state index in [1.807, 2.05) is 30.3 Å². The van der Waals surface area contributed by atoms with Crippen molar-refractivity contribution in [3.05, 3.63) is 23.2 Å². The van der Waals surface area contributed by atoms with E-state index in [-0.39, 0.29) is 0 Å². The van der Waals surface area contributed by atoms with Crippen LogP contribution in [0.2, 0.25) is 5.02 Å². The van der Waals surface area contributed by atoms with Crippen LogP contribution < -0.4 is 15.7 Å². The Balaban J connectivity index is 1.80. The Hall–Kier alpha value is -0.970. The van der Waals surface area contributed by atoms with E-state index in [2.05, 4.69) is 5.53 Å². The lowest BCUT2D eigenvalue weighted by Gasteiger charge is -2.22. The highest BCUT2D eigenvalue weighted by Gasteiger charge is 2.27. The summed E-state index contributed by atoms with van der Waals surface area (Å²) in [5.41, 5.74) is 5.21. The molecule has 1 fully saturated rings. The van der Waals surface area contributed by atoms with E-state index in [0.717, 1.165) is 29.2 Å². The molecule has 0 saturated heterocycles. The maximum Gasteiger partial charge on any atom is 0.109 e. The third-order valence-electron chi connectivity index (χ3n) is 3.32. The van der Waals surface area contributed by atoms with Gasteiger partial charge in [0.2, 0.25) is 0 Å². The summed E-state index contributed by atoms with van der Waals surface area (Å²) >= 11 is 5.99. The quantitative estimate of drug-likeness (QED) is 0.877. The van der Waals surface area contributed by atoms with Crippen molar-refractivity contribution in [1.82, 2.24) is 5.53 Å². The summed E-state index contributed by atoms with van der Waals surface area (Å²) in [4.78, 5) is 5.95. The first-order valence-electron chi connectivity index (χ1n) is 6.00. The van der Waals surface area contributed by atoms with Crippen LogP contribution in [-0.2, 0) is 4.84 Å². The Bertz CT molecular complexity index is 420. The number of hydrogen-bond donors (Lipinski definition) is 1. The van der Waals surface area contributed by atoms with Crippen LogP contribution in [0.15, 0.2) is 18.2 Å². The minimum Gasteiger partial charge on any atom is -0.290 e. The predicted octanol–water partition coefficient (Wildman–Crippen LogP) is 2.89. The molecule has 4 nitrogen and oxygen atoms in total. The van der Waals surface area contributed by atoms with Gasteiger partial charge in [0.05, 0.1) is 11.8 Å². The van der Waals surface area contributed by atoms with E-state index in [4.69, 9.17) is 16.4 Å². The van der Waals surface area contributed by atoms with Crippen LogP contribution in [0.4, 0.5) is 11.4 Å². The molecule has 1 saturated carbocycles. The molecule has 1 aliphatic carbocycles. The number of hydrazine groups is 2. The summed E-state index contributed by atoms with van der Waals surface area (Å²) in [6.07, 6.45) is 5.15. The van der Waals surface area contributed by atoms with Gasteiger partial charge in [0.1, 0.15) is 5.69 Å². The number of nitrogens with zero attached hydrogens (tertiary/aromatic N) is 2. The topological polar surface area (TPSA) is 27.7 Å². The van der Waals surface area contributed by atoms with Crippen molar-refractivity contribution in [2.45, 2.75) is 31.8 Å². The summed E-state index contributed by atoms with van der Waals surface area (Å²) in [5.74, 6) is 0. The minimum atomic E-state index is 0.331. The fraction of sp³-hybridized carbons (Fsp3) is 0.500. The second kappa shape index (κ2) is 4.37. The third kappa shape index (κ3) is 2.08. The van der Waals surface area contributed by atoms with E-state index >= 15 is 0 Å². The highest BCUT2D eigenvalue weighted by atomic mass is 35.5. The normalized spacial score (nSPS) is 20.1. The third-order valence-corrected chi connectivity index (χ3v) is 3.55. The Morgan fingerprint density at radius 2 is 2.06 bits per heavy atom. The zero-order valence-corrected chi connectivity index (χ0v) is 10.6. The van der Waals surface area contributed by atoms with Gasteiger partial charge in [-0.3, -0.25) is 9.85 Å². The van der Waals surface area contributed by atoms with Gasteiger partial charge >= 0.3 is 0 Å². The summed E-state index contributed by atoms with van der Waals surface area (Å²) in [5, 5.41) is 4.40. The van der Waals surface area contributed by atoms with Crippen molar-refractivity contribution in [2.75, 3.05) is 17.2 Å². The predicted molar refractivity (Wildman–Crippen MR) is 68.8 cm³/mol. The molecule has 1 aromatic rings. The fourth-order valence-corrected chi connectivity index (χ4v) is 2.57. The van der Waals surface area contributed by atoms with Gasteiger partial charge in [-0.1, -0.05) is 24.4 Å². The second-order valence-electron chi connectivity index (χ2n) is 4.60.